The average molecular weight is 395 g/mol. The maximum Gasteiger partial charge on any atom is 0.573 e. The molecule has 0 fully saturated rings. The second-order valence-electron chi connectivity index (χ2n) is 6.79. The van der Waals surface area contributed by atoms with Gasteiger partial charge < -0.3 is 14.0 Å². The molecule has 0 N–H and O–H groups in total. The lowest BCUT2D eigenvalue weighted by molar-refractivity contribution is -0.274. The van der Waals surface area contributed by atoms with Crippen molar-refractivity contribution in [2.24, 2.45) is 5.92 Å². The van der Waals surface area contributed by atoms with Gasteiger partial charge in [0.1, 0.15) is 5.75 Å². The minimum absolute atomic E-state index is 0.00497. The summed E-state index contributed by atoms with van der Waals surface area (Å²) in [6.45, 7) is 3.90. The number of Topliss-reactive ketones (excluding diaryl/α,β-unsaturated/α-hetero) is 1. The fraction of sp³-hybridized carbons (Fsp3) is 0.400. The number of alkyl halides is 3. The van der Waals surface area contributed by atoms with Crippen LogP contribution in [0.3, 0.4) is 0 Å². The zero-order valence-electron chi connectivity index (χ0n) is 15.5. The van der Waals surface area contributed by atoms with Crippen LogP contribution in [0, 0.1) is 5.92 Å². The first-order chi connectivity index (χ1) is 13.2. The first-order valence-electron chi connectivity index (χ1n) is 8.96. The van der Waals surface area contributed by atoms with E-state index in [0.717, 1.165) is 5.69 Å². The summed E-state index contributed by atoms with van der Waals surface area (Å²) in [5.74, 6) is -0.642. The van der Waals surface area contributed by atoms with Gasteiger partial charge in [-0.15, -0.1) is 13.2 Å². The van der Waals surface area contributed by atoms with Crippen LogP contribution < -0.4 is 4.74 Å². The Balaban J connectivity index is 2.02. The number of ether oxygens (including phenoxy) is 2. The Hall–Kier alpha value is -2.77. The van der Waals surface area contributed by atoms with Crippen molar-refractivity contribution in [2.75, 3.05) is 6.61 Å². The third-order valence-electron chi connectivity index (χ3n) is 4.51. The van der Waals surface area contributed by atoms with Crippen molar-refractivity contribution >= 4 is 11.8 Å². The molecular weight excluding hydrogens is 375 g/mol. The number of esters is 1. The molecule has 0 spiro atoms. The molecular formula is C20H20F3NO4. The third-order valence-corrected chi connectivity index (χ3v) is 4.51. The smallest absolute Gasteiger partial charge is 0.466 e. The second-order valence-corrected chi connectivity index (χ2v) is 6.79. The van der Waals surface area contributed by atoms with Gasteiger partial charge in [0.25, 0.3) is 0 Å². The number of halogens is 3. The number of fused-ring (bicyclic) bond motifs is 1. The maximum absolute atomic E-state index is 12.4. The summed E-state index contributed by atoms with van der Waals surface area (Å²) < 4.78 is 47.9. The van der Waals surface area contributed by atoms with Crippen LogP contribution in [0.1, 0.15) is 42.0 Å². The minimum Gasteiger partial charge on any atom is -0.466 e. The van der Waals surface area contributed by atoms with E-state index < -0.39 is 12.3 Å². The predicted molar refractivity (Wildman–Crippen MR) is 94.6 cm³/mol. The van der Waals surface area contributed by atoms with Crippen LogP contribution in [0.2, 0.25) is 0 Å². The van der Waals surface area contributed by atoms with Gasteiger partial charge in [-0.2, -0.15) is 0 Å². The Morgan fingerprint density at radius 1 is 1.21 bits per heavy atom. The van der Waals surface area contributed by atoms with Crippen LogP contribution in [-0.2, 0) is 22.4 Å². The van der Waals surface area contributed by atoms with Crippen molar-refractivity contribution in [3.63, 3.8) is 0 Å². The van der Waals surface area contributed by atoms with Crippen molar-refractivity contribution in [2.45, 2.75) is 39.5 Å². The monoisotopic (exact) mass is 395 g/mol. The molecule has 1 atom stereocenters. The Bertz CT molecular complexity index is 884. The molecule has 8 heteroatoms. The third kappa shape index (κ3) is 4.37. The highest BCUT2D eigenvalue weighted by atomic mass is 19.4. The molecule has 1 aromatic heterocycles. The van der Waals surface area contributed by atoms with E-state index in [2.05, 4.69) is 4.74 Å². The zero-order valence-corrected chi connectivity index (χ0v) is 15.5. The van der Waals surface area contributed by atoms with Gasteiger partial charge in [-0.3, -0.25) is 9.59 Å². The van der Waals surface area contributed by atoms with Crippen molar-refractivity contribution in [3.05, 3.63) is 47.3 Å². The van der Waals surface area contributed by atoms with Crippen LogP contribution in [0.25, 0.3) is 5.69 Å². The number of carbonyl (C=O) groups excluding carboxylic acids is 2. The molecule has 1 aliphatic rings. The van der Waals surface area contributed by atoms with Crippen molar-refractivity contribution in [1.29, 1.82) is 0 Å². The van der Waals surface area contributed by atoms with Crippen LogP contribution in [-0.4, -0.2) is 29.3 Å². The molecule has 28 heavy (non-hydrogen) atoms. The summed E-state index contributed by atoms with van der Waals surface area (Å²) in [7, 11) is 0. The molecule has 5 nitrogen and oxygen atoms in total. The fourth-order valence-electron chi connectivity index (χ4n) is 3.49. The highest BCUT2D eigenvalue weighted by Gasteiger charge is 2.31. The lowest BCUT2D eigenvalue weighted by Crippen LogP contribution is -2.20. The van der Waals surface area contributed by atoms with Gasteiger partial charge in [-0.05, 0) is 49.6 Å². The highest BCUT2D eigenvalue weighted by molar-refractivity contribution is 5.99. The molecule has 1 aromatic carbocycles. The Labute approximate surface area is 160 Å². The first-order valence-corrected chi connectivity index (χ1v) is 8.96. The lowest BCUT2D eigenvalue weighted by atomic mass is 9.88. The number of benzene rings is 1. The van der Waals surface area contributed by atoms with Crippen LogP contribution in [0.15, 0.2) is 30.3 Å². The van der Waals surface area contributed by atoms with Gasteiger partial charge in [-0.25, -0.2) is 0 Å². The summed E-state index contributed by atoms with van der Waals surface area (Å²) in [4.78, 5) is 24.4. The lowest BCUT2D eigenvalue weighted by Gasteiger charge is -2.21. The SMILES string of the molecule is CCOC(=O)Cc1cc2c(n1-c1ccc(OC(F)(F)F)cc1)CC(C)CC2=O. The number of aromatic nitrogens is 1. The molecule has 0 aliphatic heterocycles. The van der Waals surface area contributed by atoms with Crippen molar-refractivity contribution < 1.29 is 32.2 Å². The van der Waals surface area contributed by atoms with Crippen LogP contribution in [0.5, 0.6) is 5.75 Å². The van der Waals surface area contributed by atoms with E-state index in [1.54, 1.807) is 17.6 Å². The second kappa shape index (κ2) is 7.69. The summed E-state index contributed by atoms with van der Waals surface area (Å²) >= 11 is 0. The average Bonchev–Trinajstić information content (AvgIpc) is 2.92. The molecule has 1 aliphatic carbocycles. The van der Waals surface area contributed by atoms with Gasteiger partial charge in [0.2, 0.25) is 0 Å². The van der Waals surface area contributed by atoms with Crippen molar-refractivity contribution in [1.82, 2.24) is 4.57 Å². The van der Waals surface area contributed by atoms with Gasteiger partial charge in [0.15, 0.2) is 5.78 Å². The molecule has 0 amide bonds. The van der Waals surface area contributed by atoms with Crippen molar-refractivity contribution in [3.8, 4) is 11.4 Å². The van der Waals surface area contributed by atoms with Gasteiger partial charge in [0.05, 0.1) is 13.0 Å². The Kier molecular flexibility index (Phi) is 5.49. The van der Waals surface area contributed by atoms with E-state index in [0.29, 0.717) is 29.8 Å². The summed E-state index contributed by atoms with van der Waals surface area (Å²) in [5, 5.41) is 0. The van der Waals surface area contributed by atoms with E-state index >= 15 is 0 Å². The molecule has 150 valence electrons. The Morgan fingerprint density at radius 3 is 2.50 bits per heavy atom. The molecule has 0 bridgehead atoms. The van der Waals surface area contributed by atoms with E-state index in [1.807, 2.05) is 6.92 Å². The predicted octanol–water partition coefficient (Wildman–Crippen LogP) is 4.25. The van der Waals surface area contributed by atoms with Gasteiger partial charge in [0, 0.05) is 29.1 Å². The van der Waals surface area contributed by atoms with Crippen LogP contribution >= 0.6 is 0 Å². The number of carbonyl (C=O) groups is 2. The quantitative estimate of drug-likeness (QED) is 0.711. The summed E-state index contributed by atoms with van der Waals surface area (Å²) in [5.41, 5.74) is 2.42. The van der Waals surface area contributed by atoms with Crippen LogP contribution in [0.4, 0.5) is 13.2 Å². The van der Waals surface area contributed by atoms with Gasteiger partial charge >= 0.3 is 12.3 Å². The maximum atomic E-state index is 12.4. The molecule has 1 heterocycles. The Morgan fingerprint density at radius 2 is 1.89 bits per heavy atom. The topological polar surface area (TPSA) is 57.5 Å². The molecule has 0 saturated carbocycles. The molecule has 2 aromatic rings. The standard InChI is InChI=1S/C20H20F3NO4/c1-3-27-19(26)11-14-10-16-17(8-12(2)9-18(16)25)24(14)13-4-6-15(7-5-13)28-20(21,22)23/h4-7,10,12H,3,8-9,11H2,1-2H3. The van der Waals surface area contributed by atoms with Gasteiger partial charge in [-0.1, -0.05) is 6.92 Å². The number of rotatable bonds is 5. The molecule has 1 unspecified atom stereocenters. The van der Waals surface area contributed by atoms with E-state index in [-0.39, 0.29) is 30.5 Å². The zero-order chi connectivity index (χ0) is 20.5. The first kappa shape index (κ1) is 20.0. The normalized spacial score (nSPS) is 16.6. The summed E-state index contributed by atoms with van der Waals surface area (Å²) in [6, 6.07) is 7.04. The minimum atomic E-state index is -4.77. The largest absolute Gasteiger partial charge is 0.573 e. The highest BCUT2D eigenvalue weighted by Crippen LogP contribution is 2.32. The van der Waals surface area contributed by atoms with E-state index in [1.165, 1.54) is 24.3 Å². The molecule has 3 rings (SSSR count). The number of hydrogen-bond acceptors (Lipinski definition) is 4. The molecule has 0 radical (unpaired) electrons. The van der Waals surface area contributed by atoms with E-state index in [9.17, 15) is 22.8 Å². The number of ketones is 1. The van der Waals surface area contributed by atoms with E-state index in [4.69, 9.17) is 4.74 Å². The fourth-order valence-corrected chi connectivity index (χ4v) is 3.49. The molecule has 0 saturated heterocycles. The summed E-state index contributed by atoms with van der Waals surface area (Å²) in [6.07, 6.45) is -3.76. The number of nitrogens with zero attached hydrogens (tertiary/aromatic N) is 1. The number of hydrogen-bond donors (Lipinski definition) is 0.